The number of carbonyl (C=O) groups excluding carboxylic acids is 1. The molecule has 0 aromatic heterocycles. The maximum absolute atomic E-state index is 13.0. The molecule has 1 aliphatic carbocycles. The van der Waals surface area contributed by atoms with Crippen LogP contribution in [0.3, 0.4) is 0 Å². The SMILES string of the molecule is CCCCCCN(CC)C(=O)C1CC(C)CCC1C(C)C. The molecule has 0 bridgehead atoms. The minimum absolute atomic E-state index is 0.278. The van der Waals surface area contributed by atoms with Crippen molar-refractivity contribution in [2.45, 2.75) is 79.6 Å². The van der Waals surface area contributed by atoms with Gasteiger partial charge in [-0.3, -0.25) is 4.79 Å². The van der Waals surface area contributed by atoms with Crippen LogP contribution >= 0.6 is 0 Å². The van der Waals surface area contributed by atoms with Crippen molar-refractivity contribution in [3.05, 3.63) is 0 Å². The van der Waals surface area contributed by atoms with E-state index in [0.717, 1.165) is 19.5 Å². The topological polar surface area (TPSA) is 20.3 Å². The molecule has 2 nitrogen and oxygen atoms in total. The zero-order valence-electron chi connectivity index (χ0n) is 15.0. The molecule has 21 heavy (non-hydrogen) atoms. The van der Waals surface area contributed by atoms with Crippen LogP contribution in [-0.4, -0.2) is 23.9 Å². The Morgan fingerprint density at radius 2 is 1.86 bits per heavy atom. The Kier molecular flexibility index (Phi) is 8.36. The van der Waals surface area contributed by atoms with Gasteiger partial charge in [0.05, 0.1) is 0 Å². The Labute approximate surface area is 132 Å². The highest BCUT2D eigenvalue weighted by atomic mass is 16.2. The van der Waals surface area contributed by atoms with Crippen LogP contribution < -0.4 is 0 Å². The van der Waals surface area contributed by atoms with E-state index in [2.05, 4.69) is 39.5 Å². The molecule has 0 spiro atoms. The first-order valence-electron chi connectivity index (χ1n) is 9.29. The molecule has 0 aliphatic heterocycles. The average molecular weight is 296 g/mol. The molecule has 0 saturated heterocycles. The van der Waals surface area contributed by atoms with Gasteiger partial charge in [-0.25, -0.2) is 0 Å². The maximum Gasteiger partial charge on any atom is 0.225 e. The van der Waals surface area contributed by atoms with Crippen molar-refractivity contribution in [1.29, 1.82) is 0 Å². The number of hydrogen-bond acceptors (Lipinski definition) is 1. The van der Waals surface area contributed by atoms with Gasteiger partial charge in [-0.1, -0.05) is 53.4 Å². The number of unbranched alkanes of at least 4 members (excludes halogenated alkanes) is 3. The van der Waals surface area contributed by atoms with E-state index in [1.807, 2.05) is 0 Å². The molecule has 1 saturated carbocycles. The van der Waals surface area contributed by atoms with Gasteiger partial charge in [0.25, 0.3) is 0 Å². The van der Waals surface area contributed by atoms with Crippen LogP contribution in [0.4, 0.5) is 0 Å². The zero-order chi connectivity index (χ0) is 15.8. The van der Waals surface area contributed by atoms with E-state index < -0.39 is 0 Å². The Morgan fingerprint density at radius 1 is 1.14 bits per heavy atom. The first-order valence-corrected chi connectivity index (χ1v) is 9.29. The highest BCUT2D eigenvalue weighted by Gasteiger charge is 2.36. The van der Waals surface area contributed by atoms with Gasteiger partial charge >= 0.3 is 0 Å². The molecule has 0 aromatic rings. The highest BCUT2D eigenvalue weighted by molar-refractivity contribution is 5.79. The van der Waals surface area contributed by atoms with E-state index in [-0.39, 0.29) is 5.92 Å². The van der Waals surface area contributed by atoms with E-state index in [1.54, 1.807) is 0 Å². The maximum atomic E-state index is 13.0. The molecule has 1 aliphatic rings. The lowest BCUT2D eigenvalue weighted by atomic mass is 9.69. The fraction of sp³-hybridized carbons (Fsp3) is 0.947. The van der Waals surface area contributed by atoms with Crippen molar-refractivity contribution in [3.63, 3.8) is 0 Å². The van der Waals surface area contributed by atoms with Crippen molar-refractivity contribution in [3.8, 4) is 0 Å². The summed E-state index contributed by atoms with van der Waals surface area (Å²) in [4.78, 5) is 15.1. The predicted octanol–water partition coefficient (Wildman–Crippen LogP) is 5.12. The van der Waals surface area contributed by atoms with Gasteiger partial charge in [-0.05, 0) is 43.9 Å². The lowest BCUT2D eigenvalue weighted by Crippen LogP contribution is -2.43. The fourth-order valence-electron chi connectivity index (χ4n) is 3.87. The van der Waals surface area contributed by atoms with Crippen LogP contribution in [0.25, 0.3) is 0 Å². The zero-order valence-corrected chi connectivity index (χ0v) is 15.0. The largest absolute Gasteiger partial charge is 0.343 e. The first kappa shape index (κ1) is 18.5. The number of nitrogens with zero attached hydrogens (tertiary/aromatic N) is 1. The molecule has 1 amide bonds. The summed E-state index contributed by atoms with van der Waals surface area (Å²) in [7, 11) is 0. The van der Waals surface area contributed by atoms with E-state index in [4.69, 9.17) is 0 Å². The van der Waals surface area contributed by atoms with Crippen LogP contribution in [0.15, 0.2) is 0 Å². The second-order valence-corrected chi connectivity index (χ2v) is 7.41. The Morgan fingerprint density at radius 3 is 2.43 bits per heavy atom. The van der Waals surface area contributed by atoms with Gasteiger partial charge in [0, 0.05) is 19.0 Å². The third-order valence-corrected chi connectivity index (χ3v) is 5.31. The van der Waals surface area contributed by atoms with Crippen LogP contribution in [0.1, 0.15) is 79.6 Å². The lowest BCUT2D eigenvalue weighted by molar-refractivity contribution is -0.140. The van der Waals surface area contributed by atoms with Crippen molar-refractivity contribution in [2.75, 3.05) is 13.1 Å². The summed E-state index contributed by atoms with van der Waals surface area (Å²) in [5, 5.41) is 0. The molecule has 1 fully saturated rings. The number of carbonyl (C=O) groups is 1. The van der Waals surface area contributed by atoms with Crippen LogP contribution in [0, 0.1) is 23.7 Å². The summed E-state index contributed by atoms with van der Waals surface area (Å²) in [6.07, 6.45) is 8.62. The standard InChI is InChI=1S/C19H37NO/c1-6-8-9-10-13-20(7-2)19(21)18-14-16(5)11-12-17(18)15(3)4/h15-18H,6-14H2,1-5H3. The van der Waals surface area contributed by atoms with Crippen molar-refractivity contribution in [2.24, 2.45) is 23.7 Å². The van der Waals surface area contributed by atoms with E-state index >= 15 is 0 Å². The number of amides is 1. The van der Waals surface area contributed by atoms with Crippen molar-refractivity contribution >= 4 is 5.91 Å². The van der Waals surface area contributed by atoms with Crippen LogP contribution in [-0.2, 0) is 4.79 Å². The smallest absolute Gasteiger partial charge is 0.225 e. The molecule has 0 radical (unpaired) electrons. The molecule has 1 rings (SSSR count). The summed E-state index contributed by atoms with van der Waals surface area (Å²) < 4.78 is 0. The minimum Gasteiger partial charge on any atom is -0.343 e. The predicted molar refractivity (Wildman–Crippen MR) is 91.2 cm³/mol. The first-order chi connectivity index (χ1) is 10.0. The Balaban J connectivity index is 2.62. The molecular formula is C19H37NO. The molecule has 2 heteroatoms. The summed E-state index contributed by atoms with van der Waals surface area (Å²) in [6, 6.07) is 0. The monoisotopic (exact) mass is 295 g/mol. The van der Waals surface area contributed by atoms with Gasteiger partial charge in [0.2, 0.25) is 5.91 Å². The average Bonchev–Trinajstić information content (AvgIpc) is 2.46. The second kappa shape index (κ2) is 9.48. The Hall–Kier alpha value is -0.530. The Bertz CT molecular complexity index is 300. The number of rotatable bonds is 8. The van der Waals surface area contributed by atoms with Crippen LogP contribution in [0.5, 0.6) is 0 Å². The molecule has 124 valence electrons. The molecule has 3 atom stereocenters. The summed E-state index contributed by atoms with van der Waals surface area (Å²) in [5.74, 6) is 2.66. The third kappa shape index (κ3) is 5.64. The van der Waals surface area contributed by atoms with Gasteiger partial charge < -0.3 is 4.90 Å². The van der Waals surface area contributed by atoms with Gasteiger partial charge in [0.1, 0.15) is 0 Å². The van der Waals surface area contributed by atoms with Crippen LogP contribution in [0.2, 0.25) is 0 Å². The summed E-state index contributed by atoms with van der Waals surface area (Å²) in [6.45, 7) is 13.1. The summed E-state index contributed by atoms with van der Waals surface area (Å²) >= 11 is 0. The lowest BCUT2D eigenvalue weighted by Gasteiger charge is -2.39. The molecule has 0 N–H and O–H groups in total. The normalized spacial score (nSPS) is 26.1. The highest BCUT2D eigenvalue weighted by Crippen LogP contribution is 2.39. The van der Waals surface area contributed by atoms with E-state index in [9.17, 15) is 4.79 Å². The second-order valence-electron chi connectivity index (χ2n) is 7.41. The quantitative estimate of drug-likeness (QED) is 0.569. The molecule has 0 aromatic carbocycles. The third-order valence-electron chi connectivity index (χ3n) is 5.31. The van der Waals surface area contributed by atoms with Gasteiger partial charge in [-0.2, -0.15) is 0 Å². The van der Waals surface area contributed by atoms with Gasteiger partial charge in [0.15, 0.2) is 0 Å². The minimum atomic E-state index is 0.278. The van der Waals surface area contributed by atoms with E-state index in [0.29, 0.717) is 23.7 Å². The summed E-state index contributed by atoms with van der Waals surface area (Å²) in [5.41, 5.74) is 0. The van der Waals surface area contributed by atoms with E-state index in [1.165, 1.54) is 38.5 Å². The van der Waals surface area contributed by atoms with Crippen molar-refractivity contribution in [1.82, 2.24) is 4.90 Å². The molecule has 0 heterocycles. The molecule has 3 unspecified atom stereocenters. The number of hydrogen-bond donors (Lipinski definition) is 0. The van der Waals surface area contributed by atoms with Gasteiger partial charge in [-0.15, -0.1) is 0 Å². The van der Waals surface area contributed by atoms with Crippen molar-refractivity contribution < 1.29 is 4.79 Å². The fourth-order valence-corrected chi connectivity index (χ4v) is 3.87. The molecular weight excluding hydrogens is 258 g/mol.